The number of primary amides is 1. The van der Waals surface area contributed by atoms with Crippen molar-refractivity contribution in [3.05, 3.63) is 0 Å². The van der Waals surface area contributed by atoms with Gasteiger partial charge >= 0.3 is 0 Å². The molecule has 2 amide bonds. The Hall–Kier alpha value is -1.14. The largest absolute Gasteiger partial charge is 0.369 e. The molecule has 2 aliphatic rings. The molecule has 0 unspecified atom stereocenters. The summed E-state index contributed by atoms with van der Waals surface area (Å²) in [5, 5.41) is 3.06. The van der Waals surface area contributed by atoms with Gasteiger partial charge in [0.2, 0.25) is 11.8 Å². The summed E-state index contributed by atoms with van der Waals surface area (Å²) in [6.07, 6.45) is 1.70. The Morgan fingerprint density at radius 3 is 2.61 bits per heavy atom. The summed E-state index contributed by atoms with van der Waals surface area (Å²) in [4.78, 5) is 26.9. The maximum atomic E-state index is 11.6. The Morgan fingerprint density at radius 1 is 1.28 bits per heavy atom. The van der Waals surface area contributed by atoms with Crippen molar-refractivity contribution < 1.29 is 9.59 Å². The van der Waals surface area contributed by atoms with Crippen molar-refractivity contribution in [2.45, 2.75) is 12.8 Å². The van der Waals surface area contributed by atoms with Gasteiger partial charge in [-0.2, -0.15) is 0 Å². The quantitative estimate of drug-likeness (QED) is 0.648. The number of nitrogens with one attached hydrogen (secondary N) is 1. The molecule has 0 radical (unpaired) electrons. The van der Waals surface area contributed by atoms with Gasteiger partial charge in [-0.05, 0) is 25.9 Å². The first kappa shape index (κ1) is 13.3. The number of piperazine rings is 1. The van der Waals surface area contributed by atoms with Crippen molar-refractivity contribution in [3.63, 3.8) is 0 Å². The lowest BCUT2D eigenvalue weighted by Gasteiger charge is -2.33. The summed E-state index contributed by atoms with van der Waals surface area (Å²) < 4.78 is 0. The third kappa shape index (κ3) is 3.43. The van der Waals surface area contributed by atoms with Crippen molar-refractivity contribution in [3.8, 4) is 0 Å². The number of amides is 2. The fraction of sp³-hybridized carbons (Fsp3) is 0.833. The zero-order valence-electron chi connectivity index (χ0n) is 10.7. The number of nitrogens with zero attached hydrogens (tertiary/aromatic N) is 2. The van der Waals surface area contributed by atoms with E-state index in [1.165, 1.54) is 0 Å². The van der Waals surface area contributed by atoms with Crippen LogP contribution in [0.15, 0.2) is 0 Å². The second kappa shape index (κ2) is 6.15. The predicted molar refractivity (Wildman–Crippen MR) is 67.8 cm³/mol. The molecule has 6 nitrogen and oxygen atoms in total. The standard InChI is InChI=1S/C12H22N4O2/c13-12(18)10-1-4-15(5-2-10)7-8-16-6-3-14-9-11(16)17/h10,14H,1-9H2,(H2,13,18). The topological polar surface area (TPSA) is 78.7 Å². The molecule has 3 N–H and O–H groups in total. The summed E-state index contributed by atoms with van der Waals surface area (Å²) in [7, 11) is 0. The van der Waals surface area contributed by atoms with Gasteiger partial charge in [0.15, 0.2) is 0 Å². The number of hydrogen-bond acceptors (Lipinski definition) is 4. The first-order valence-corrected chi connectivity index (χ1v) is 6.67. The molecule has 2 fully saturated rings. The van der Waals surface area contributed by atoms with Crippen LogP contribution in [-0.4, -0.2) is 67.4 Å². The van der Waals surface area contributed by atoms with Crippen molar-refractivity contribution in [1.82, 2.24) is 15.1 Å². The van der Waals surface area contributed by atoms with E-state index in [-0.39, 0.29) is 17.7 Å². The highest BCUT2D eigenvalue weighted by Gasteiger charge is 2.24. The molecule has 0 saturated carbocycles. The van der Waals surface area contributed by atoms with Gasteiger partial charge < -0.3 is 20.9 Å². The lowest BCUT2D eigenvalue weighted by molar-refractivity contribution is -0.132. The average molecular weight is 254 g/mol. The average Bonchev–Trinajstić information content (AvgIpc) is 2.38. The van der Waals surface area contributed by atoms with Crippen LogP contribution in [0, 0.1) is 5.92 Å². The number of carbonyl (C=O) groups excluding carboxylic acids is 2. The highest BCUT2D eigenvalue weighted by Crippen LogP contribution is 2.16. The molecule has 2 heterocycles. The van der Waals surface area contributed by atoms with Crippen LogP contribution in [0.4, 0.5) is 0 Å². The van der Waals surface area contributed by atoms with Crippen LogP contribution in [0.25, 0.3) is 0 Å². The summed E-state index contributed by atoms with van der Waals surface area (Å²) in [6, 6.07) is 0. The second-order valence-electron chi connectivity index (χ2n) is 5.08. The smallest absolute Gasteiger partial charge is 0.236 e. The number of nitrogens with two attached hydrogens (primary N) is 1. The molecule has 2 saturated heterocycles. The lowest BCUT2D eigenvalue weighted by Crippen LogP contribution is -2.51. The van der Waals surface area contributed by atoms with Crippen LogP contribution in [0.3, 0.4) is 0 Å². The number of rotatable bonds is 4. The Labute approximate surface area is 107 Å². The molecule has 0 atom stereocenters. The van der Waals surface area contributed by atoms with E-state index >= 15 is 0 Å². The fourth-order valence-corrected chi connectivity index (χ4v) is 2.59. The molecule has 102 valence electrons. The minimum atomic E-state index is -0.174. The minimum absolute atomic E-state index is 0.0436. The number of carbonyl (C=O) groups is 2. The molecular formula is C12H22N4O2. The van der Waals surface area contributed by atoms with E-state index in [9.17, 15) is 9.59 Å². The van der Waals surface area contributed by atoms with E-state index in [1.807, 2.05) is 4.90 Å². The van der Waals surface area contributed by atoms with E-state index in [2.05, 4.69) is 10.2 Å². The highest BCUT2D eigenvalue weighted by molar-refractivity contribution is 5.79. The normalized spacial score (nSPS) is 23.3. The van der Waals surface area contributed by atoms with Crippen LogP contribution in [0.2, 0.25) is 0 Å². The SMILES string of the molecule is NC(=O)C1CCN(CCN2CCNCC2=O)CC1. The van der Waals surface area contributed by atoms with Gasteiger partial charge in [-0.25, -0.2) is 0 Å². The summed E-state index contributed by atoms with van der Waals surface area (Å²) in [5.41, 5.74) is 5.30. The van der Waals surface area contributed by atoms with Gasteiger partial charge in [-0.1, -0.05) is 0 Å². The van der Waals surface area contributed by atoms with Crippen LogP contribution in [-0.2, 0) is 9.59 Å². The highest BCUT2D eigenvalue weighted by atomic mass is 16.2. The number of hydrogen-bond donors (Lipinski definition) is 2. The van der Waals surface area contributed by atoms with Crippen LogP contribution in [0.5, 0.6) is 0 Å². The number of piperidine rings is 1. The minimum Gasteiger partial charge on any atom is -0.369 e. The van der Waals surface area contributed by atoms with Gasteiger partial charge in [0.05, 0.1) is 6.54 Å². The van der Waals surface area contributed by atoms with Crippen molar-refractivity contribution in [1.29, 1.82) is 0 Å². The molecule has 0 aromatic heterocycles. The van der Waals surface area contributed by atoms with Gasteiger partial charge in [-0.3, -0.25) is 9.59 Å². The third-order valence-electron chi connectivity index (χ3n) is 3.86. The maximum Gasteiger partial charge on any atom is 0.236 e. The van der Waals surface area contributed by atoms with Gasteiger partial charge in [0, 0.05) is 32.1 Å². The molecule has 2 rings (SSSR count). The van der Waals surface area contributed by atoms with E-state index in [0.717, 1.165) is 52.1 Å². The van der Waals surface area contributed by atoms with E-state index in [0.29, 0.717) is 6.54 Å². The Bertz CT molecular complexity index is 313. The molecular weight excluding hydrogens is 232 g/mol. The Morgan fingerprint density at radius 2 is 2.00 bits per heavy atom. The lowest BCUT2D eigenvalue weighted by atomic mass is 9.96. The Kier molecular flexibility index (Phi) is 4.54. The number of likely N-dealkylation sites (tertiary alicyclic amines) is 1. The molecule has 0 bridgehead atoms. The zero-order valence-corrected chi connectivity index (χ0v) is 10.7. The maximum absolute atomic E-state index is 11.6. The van der Waals surface area contributed by atoms with Crippen molar-refractivity contribution in [2.24, 2.45) is 11.7 Å². The summed E-state index contributed by atoms with van der Waals surface area (Å²) in [6.45, 7) is 5.66. The van der Waals surface area contributed by atoms with E-state index in [1.54, 1.807) is 0 Å². The van der Waals surface area contributed by atoms with Crippen LogP contribution >= 0.6 is 0 Å². The summed E-state index contributed by atoms with van der Waals surface area (Å²) in [5.74, 6) is 0.0577. The van der Waals surface area contributed by atoms with Gasteiger partial charge in [0.1, 0.15) is 0 Å². The van der Waals surface area contributed by atoms with Gasteiger partial charge in [0.25, 0.3) is 0 Å². The molecule has 0 spiro atoms. The van der Waals surface area contributed by atoms with Crippen molar-refractivity contribution >= 4 is 11.8 Å². The van der Waals surface area contributed by atoms with Crippen molar-refractivity contribution in [2.75, 3.05) is 45.8 Å². The first-order chi connectivity index (χ1) is 8.66. The second-order valence-corrected chi connectivity index (χ2v) is 5.08. The third-order valence-corrected chi connectivity index (χ3v) is 3.86. The fourth-order valence-electron chi connectivity index (χ4n) is 2.59. The molecule has 2 aliphatic heterocycles. The monoisotopic (exact) mass is 254 g/mol. The van der Waals surface area contributed by atoms with Crippen LogP contribution in [0.1, 0.15) is 12.8 Å². The molecule has 0 aromatic carbocycles. The van der Waals surface area contributed by atoms with E-state index in [4.69, 9.17) is 5.73 Å². The molecule has 0 aromatic rings. The zero-order chi connectivity index (χ0) is 13.0. The molecule has 6 heteroatoms. The Balaban J connectivity index is 1.68. The predicted octanol–water partition coefficient (Wildman–Crippen LogP) is -1.38. The van der Waals surface area contributed by atoms with E-state index < -0.39 is 0 Å². The first-order valence-electron chi connectivity index (χ1n) is 6.67. The summed E-state index contributed by atoms with van der Waals surface area (Å²) >= 11 is 0. The molecule has 18 heavy (non-hydrogen) atoms. The molecule has 0 aliphatic carbocycles. The van der Waals surface area contributed by atoms with Crippen LogP contribution < -0.4 is 11.1 Å². The van der Waals surface area contributed by atoms with Gasteiger partial charge in [-0.15, -0.1) is 0 Å².